The molecule has 0 fully saturated rings. The van der Waals surface area contributed by atoms with Gasteiger partial charge in [-0.15, -0.1) is 0 Å². The van der Waals surface area contributed by atoms with E-state index in [1.165, 1.54) is 12.1 Å². The van der Waals surface area contributed by atoms with E-state index < -0.39 is 0 Å². The minimum atomic E-state index is -0.306. The fraction of sp³-hybridized carbons (Fsp3) is 0.429. The van der Waals surface area contributed by atoms with Gasteiger partial charge >= 0.3 is 0 Å². The summed E-state index contributed by atoms with van der Waals surface area (Å²) in [6, 6.07) is 4.49. The summed E-state index contributed by atoms with van der Waals surface area (Å²) in [5.74, 6) is 5.26. The van der Waals surface area contributed by atoms with Crippen LogP contribution in [0.1, 0.15) is 17.5 Å². The van der Waals surface area contributed by atoms with Gasteiger partial charge in [0.25, 0.3) is 0 Å². The van der Waals surface area contributed by atoms with Crippen LogP contribution in [0.15, 0.2) is 18.2 Å². The molecule has 0 spiro atoms. The van der Waals surface area contributed by atoms with Crippen LogP contribution in [0.25, 0.3) is 0 Å². The van der Waals surface area contributed by atoms with Crippen molar-refractivity contribution in [3.05, 3.63) is 35.1 Å². The summed E-state index contributed by atoms with van der Waals surface area (Å²) in [6.07, 6.45) is 0.835. The third-order valence-electron chi connectivity index (χ3n) is 2.29. The number of hydrogen-bond donors (Lipinski definition) is 1. The van der Waals surface area contributed by atoms with E-state index in [-0.39, 0.29) is 12.4 Å². The molecule has 0 radical (unpaired) electrons. The highest BCUT2D eigenvalue weighted by Crippen LogP contribution is 2.11. The Morgan fingerprint density at radius 3 is 2.89 bits per heavy atom. The first kappa shape index (κ1) is 14.7. The molecule has 0 heterocycles. The van der Waals surface area contributed by atoms with Gasteiger partial charge in [-0.2, -0.15) is 0 Å². The largest absolute Gasteiger partial charge is 0.385 e. The zero-order valence-electron chi connectivity index (χ0n) is 10.5. The van der Waals surface area contributed by atoms with Crippen molar-refractivity contribution in [1.29, 1.82) is 0 Å². The maximum atomic E-state index is 13.1. The van der Waals surface area contributed by atoms with Gasteiger partial charge in [-0.1, -0.05) is 17.9 Å². The van der Waals surface area contributed by atoms with E-state index in [0.717, 1.165) is 12.0 Å². The monoisotopic (exact) mass is 251 g/mol. The van der Waals surface area contributed by atoms with Crippen LogP contribution in [0.4, 0.5) is 4.39 Å². The van der Waals surface area contributed by atoms with Gasteiger partial charge in [0.05, 0.1) is 13.2 Å². The standard InChI is InChI=1S/C14H18FNO2/c1-17-8-3-9-18-11-13-5-6-14(15)10-12(13)4-2-7-16/h5-6,10H,3,7-9,11,16H2,1H3. The van der Waals surface area contributed by atoms with Crippen molar-refractivity contribution >= 4 is 0 Å². The predicted molar refractivity (Wildman–Crippen MR) is 68.5 cm³/mol. The number of halogens is 1. The number of methoxy groups -OCH3 is 1. The Morgan fingerprint density at radius 2 is 2.17 bits per heavy atom. The van der Waals surface area contributed by atoms with Crippen molar-refractivity contribution in [3.8, 4) is 11.8 Å². The molecule has 1 rings (SSSR count). The molecule has 0 bridgehead atoms. The Labute approximate surface area is 107 Å². The molecule has 0 aliphatic carbocycles. The summed E-state index contributed by atoms with van der Waals surface area (Å²) in [6.45, 7) is 1.95. The van der Waals surface area contributed by atoms with E-state index in [1.54, 1.807) is 13.2 Å². The Morgan fingerprint density at radius 1 is 1.33 bits per heavy atom. The number of rotatable bonds is 6. The van der Waals surface area contributed by atoms with Gasteiger partial charge in [0.2, 0.25) is 0 Å². The van der Waals surface area contributed by atoms with E-state index in [1.807, 2.05) is 0 Å². The van der Waals surface area contributed by atoms with E-state index in [0.29, 0.717) is 25.4 Å². The van der Waals surface area contributed by atoms with Crippen molar-refractivity contribution < 1.29 is 13.9 Å². The second kappa shape index (κ2) is 8.65. The summed E-state index contributed by atoms with van der Waals surface area (Å²) < 4.78 is 23.5. The molecule has 0 atom stereocenters. The van der Waals surface area contributed by atoms with Gasteiger partial charge in [-0.3, -0.25) is 0 Å². The van der Waals surface area contributed by atoms with Gasteiger partial charge < -0.3 is 15.2 Å². The van der Waals surface area contributed by atoms with Crippen LogP contribution in [0, 0.1) is 17.7 Å². The highest BCUT2D eigenvalue weighted by atomic mass is 19.1. The third kappa shape index (κ3) is 5.28. The molecule has 0 amide bonds. The van der Waals surface area contributed by atoms with Gasteiger partial charge in [0, 0.05) is 25.9 Å². The van der Waals surface area contributed by atoms with E-state index in [4.69, 9.17) is 15.2 Å². The zero-order chi connectivity index (χ0) is 13.2. The SMILES string of the molecule is COCCCOCc1ccc(F)cc1C#CCN. The molecule has 0 saturated heterocycles. The number of hydrogen-bond acceptors (Lipinski definition) is 3. The van der Waals surface area contributed by atoms with Gasteiger partial charge in [-0.25, -0.2) is 4.39 Å². The predicted octanol–water partition coefficient (Wildman–Crippen LogP) is 1.69. The van der Waals surface area contributed by atoms with Crippen LogP contribution in [-0.2, 0) is 16.1 Å². The first-order valence-electron chi connectivity index (χ1n) is 5.82. The summed E-state index contributed by atoms with van der Waals surface area (Å²) in [5.41, 5.74) is 6.81. The van der Waals surface area contributed by atoms with Crippen LogP contribution in [0.3, 0.4) is 0 Å². The molecular weight excluding hydrogens is 233 g/mol. The second-order valence-electron chi connectivity index (χ2n) is 3.71. The molecule has 98 valence electrons. The fourth-order valence-electron chi connectivity index (χ4n) is 1.42. The minimum absolute atomic E-state index is 0.255. The maximum Gasteiger partial charge on any atom is 0.124 e. The van der Waals surface area contributed by atoms with Crippen LogP contribution in [-0.4, -0.2) is 26.9 Å². The number of nitrogens with two attached hydrogens (primary N) is 1. The average Bonchev–Trinajstić information content (AvgIpc) is 2.38. The normalized spacial score (nSPS) is 9.94. The van der Waals surface area contributed by atoms with E-state index >= 15 is 0 Å². The second-order valence-corrected chi connectivity index (χ2v) is 3.71. The molecule has 1 aromatic rings. The van der Waals surface area contributed by atoms with Crippen LogP contribution >= 0.6 is 0 Å². The first-order valence-corrected chi connectivity index (χ1v) is 5.82. The molecule has 0 aromatic heterocycles. The zero-order valence-corrected chi connectivity index (χ0v) is 10.5. The van der Waals surface area contributed by atoms with Crippen molar-refractivity contribution in [1.82, 2.24) is 0 Å². The lowest BCUT2D eigenvalue weighted by Crippen LogP contribution is -2.01. The van der Waals surface area contributed by atoms with Crippen molar-refractivity contribution in [2.45, 2.75) is 13.0 Å². The third-order valence-corrected chi connectivity index (χ3v) is 2.29. The molecule has 0 saturated carbocycles. The van der Waals surface area contributed by atoms with Gasteiger partial charge in [0.1, 0.15) is 5.82 Å². The molecule has 2 N–H and O–H groups in total. The fourth-order valence-corrected chi connectivity index (χ4v) is 1.42. The van der Waals surface area contributed by atoms with Crippen molar-refractivity contribution in [3.63, 3.8) is 0 Å². The average molecular weight is 251 g/mol. The summed E-state index contributed by atoms with van der Waals surface area (Å²) in [5, 5.41) is 0. The van der Waals surface area contributed by atoms with Gasteiger partial charge in [0.15, 0.2) is 0 Å². The molecule has 1 aromatic carbocycles. The number of ether oxygens (including phenoxy) is 2. The summed E-state index contributed by atoms with van der Waals surface area (Å²) in [7, 11) is 1.65. The van der Waals surface area contributed by atoms with Crippen LogP contribution in [0.2, 0.25) is 0 Å². The molecule has 0 aliphatic heterocycles. The molecule has 4 heteroatoms. The molecule has 3 nitrogen and oxygen atoms in total. The van der Waals surface area contributed by atoms with E-state index in [2.05, 4.69) is 11.8 Å². The van der Waals surface area contributed by atoms with Crippen molar-refractivity contribution in [2.24, 2.45) is 5.73 Å². The topological polar surface area (TPSA) is 44.5 Å². The van der Waals surface area contributed by atoms with Crippen molar-refractivity contribution in [2.75, 3.05) is 26.9 Å². The highest BCUT2D eigenvalue weighted by molar-refractivity contribution is 5.41. The quantitative estimate of drug-likeness (QED) is 0.618. The first-order chi connectivity index (χ1) is 8.77. The molecule has 18 heavy (non-hydrogen) atoms. The minimum Gasteiger partial charge on any atom is -0.385 e. The lowest BCUT2D eigenvalue weighted by atomic mass is 10.1. The Bertz CT molecular complexity index is 424. The van der Waals surface area contributed by atoms with E-state index in [9.17, 15) is 4.39 Å². The molecule has 0 unspecified atom stereocenters. The Kier molecular flexibility index (Phi) is 7.04. The summed E-state index contributed by atoms with van der Waals surface area (Å²) in [4.78, 5) is 0. The summed E-state index contributed by atoms with van der Waals surface area (Å²) >= 11 is 0. The molecule has 0 aliphatic rings. The lowest BCUT2D eigenvalue weighted by molar-refractivity contribution is 0.0927. The lowest BCUT2D eigenvalue weighted by Gasteiger charge is -2.06. The van der Waals surface area contributed by atoms with Crippen LogP contribution in [0.5, 0.6) is 0 Å². The van der Waals surface area contributed by atoms with Gasteiger partial charge in [-0.05, 0) is 24.1 Å². The Balaban J connectivity index is 2.58. The highest BCUT2D eigenvalue weighted by Gasteiger charge is 2.02. The Hall–Kier alpha value is -1.41. The maximum absolute atomic E-state index is 13.1. The van der Waals surface area contributed by atoms with Crippen LogP contribution < -0.4 is 5.73 Å². The smallest absolute Gasteiger partial charge is 0.124 e. The number of benzene rings is 1. The molecular formula is C14H18FNO2.